The van der Waals surface area contributed by atoms with Gasteiger partial charge in [-0.1, -0.05) is 30.3 Å². The Labute approximate surface area is 187 Å². The van der Waals surface area contributed by atoms with Gasteiger partial charge in [-0.15, -0.1) is 0 Å². The fourth-order valence-corrected chi connectivity index (χ4v) is 4.75. The minimum atomic E-state index is -3.58. The van der Waals surface area contributed by atoms with E-state index in [0.717, 1.165) is 11.3 Å². The highest BCUT2D eigenvalue weighted by Crippen LogP contribution is 2.22. The van der Waals surface area contributed by atoms with E-state index in [2.05, 4.69) is 5.32 Å². The van der Waals surface area contributed by atoms with Crippen LogP contribution in [0.5, 0.6) is 11.5 Å². The minimum absolute atomic E-state index is 0.168. The van der Waals surface area contributed by atoms with Gasteiger partial charge in [0.25, 0.3) is 5.91 Å². The first kappa shape index (κ1) is 22.0. The first-order valence-corrected chi connectivity index (χ1v) is 11.7. The summed E-state index contributed by atoms with van der Waals surface area (Å²) in [5.74, 6) is 1.14. The molecule has 0 atom stereocenters. The number of rotatable bonds is 7. The number of amides is 1. The number of carbonyl (C=O) groups is 1. The number of hydrogen-bond acceptors (Lipinski definition) is 5. The molecular weight excluding hydrogens is 428 g/mol. The molecule has 8 heteroatoms. The molecule has 1 N–H and O–H groups in total. The Morgan fingerprint density at radius 3 is 2.31 bits per heavy atom. The maximum Gasteiger partial charge on any atom is 0.251 e. The first-order valence-electron chi connectivity index (χ1n) is 10.3. The van der Waals surface area contributed by atoms with Crippen LogP contribution < -0.4 is 10.1 Å². The summed E-state index contributed by atoms with van der Waals surface area (Å²) >= 11 is 0. The number of hydrogen-bond donors (Lipinski definition) is 1. The number of morpholine rings is 1. The second kappa shape index (κ2) is 9.95. The van der Waals surface area contributed by atoms with E-state index in [1.54, 1.807) is 0 Å². The number of sulfonamides is 1. The Hall–Kier alpha value is -3.20. The molecule has 4 rings (SSSR count). The van der Waals surface area contributed by atoms with E-state index >= 15 is 0 Å². The molecule has 32 heavy (non-hydrogen) atoms. The molecule has 3 aromatic carbocycles. The third-order valence-corrected chi connectivity index (χ3v) is 6.97. The second-order valence-corrected chi connectivity index (χ2v) is 9.22. The fourth-order valence-electron chi connectivity index (χ4n) is 3.34. The van der Waals surface area contributed by atoms with Gasteiger partial charge in [-0.25, -0.2) is 8.42 Å². The predicted octanol–water partition coefficient (Wildman–Crippen LogP) is 3.43. The fraction of sp³-hybridized carbons (Fsp3) is 0.208. The standard InChI is InChI=1S/C24H24N2O5S/c27-24(20-9-11-23(12-10-20)32(28,29)26-13-15-30-16-14-26)25-18-19-5-4-8-22(17-19)31-21-6-2-1-3-7-21/h1-12,17H,13-16,18H2,(H,25,27). The quantitative estimate of drug-likeness (QED) is 0.594. The van der Waals surface area contributed by atoms with Crippen LogP contribution in [0.25, 0.3) is 0 Å². The lowest BCUT2D eigenvalue weighted by Crippen LogP contribution is -2.40. The Morgan fingerprint density at radius 1 is 0.906 bits per heavy atom. The van der Waals surface area contributed by atoms with Crippen molar-refractivity contribution in [3.8, 4) is 11.5 Å². The van der Waals surface area contributed by atoms with Crippen molar-refractivity contribution >= 4 is 15.9 Å². The zero-order valence-electron chi connectivity index (χ0n) is 17.4. The van der Waals surface area contributed by atoms with Crippen molar-refractivity contribution < 1.29 is 22.7 Å². The zero-order valence-corrected chi connectivity index (χ0v) is 18.3. The highest BCUT2D eigenvalue weighted by atomic mass is 32.2. The van der Waals surface area contributed by atoms with E-state index in [9.17, 15) is 13.2 Å². The second-order valence-electron chi connectivity index (χ2n) is 7.29. The van der Waals surface area contributed by atoms with Gasteiger partial charge in [0, 0.05) is 25.2 Å². The number of para-hydroxylation sites is 1. The monoisotopic (exact) mass is 452 g/mol. The molecule has 0 aromatic heterocycles. The molecular formula is C24H24N2O5S. The molecule has 0 saturated carbocycles. The van der Waals surface area contributed by atoms with Crippen molar-refractivity contribution in [2.24, 2.45) is 0 Å². The van der Waals surface area contributed by atoms with E-state index in [1.165, 1.54) is 28.6 Å². The van der Waals surface area contributed by atoms with Crippen LogP contribution in [0.3, 0.4) is 0 Å². The molecule has 166 valence electrons. The summed E-state index contributed by atoms with van der Waals surface area (Å²) in [4.78, 5) is 12.7. The van der Waals surface area contributed by atoms with Gasteiger partial charge >= 0.3 is 0 Å². The predicted molar refractivity (Wildman–Crippen MR) is 120 cm³/mol. The normalized spacial score (nSPS) is 14.6. The van der Waals surface area contributed by atoms with Crippen LogP contribution in [0.2, 0.25) is 0 Å². The number of nitrogens with zero attached hydrogens (tertiary/aromatic N) is 1. The molecule has 0 bridgehead atoms. The lowest BCUT2D eigenvalue weighted by molar-refractivity contribution is 0.0730. The maximum absolute atomic E-state index is 12.7. The topological polar surface area (TPSA) is 84.9 Å². The smallest absolute Gasteiger partial charge is 0.251 e. The summed E-state index contributed by atoms with van der Waals surface area (Å²) in [5, 5.41) is 2.86. The summed E-state index contributed by atoms with van der Waals surface area (Å²) in [6.07, 6.45) is 0. The average Bonchev–Trinajstić information content (AvgIpc) is 2.84. The third-order valence-electron chi connectivity index (χ3n) is 5.05. The van der Waals surface area contributed by atoms with Crippen LogP contribution in [0, 0.1) is 0 Å². The number of ether oxygens (including phenoxy) is 2. The summed E-state index contributed by atoms with van der Waals surface area (Å²) in [5.41, 5.74) is 1.28. The third kappa shape index (κ3) is 5.34. The molecule has 0 radical (unpaired) electrons. The van der Waals surface area contributed by atoms with E-state index in [1.807, 2.05) is 54.6 Å². The van der Waals surface area contributed by atoms with Crippen molar-refractivity contribution in [1.82, 2.24) is 9.62 Å². The van der Waals surface area contributed by atoms with E-state index in [0.29, 0.717) is 44.2 Å². The molecule has 1 heterocycles. The largest absolute Gasteiger partial charge is 0.457 e. The average molecular weight is 453 g/mol. The van der Waals surface area contributed by atoms with Gasteiger partial charge in [0.2, 0.25) is 10.0 Å². The lowest BCUT2D eigenvalue weighted by atomic mass is 10.2. The number of nitrogens with one attached hydrogen (secondary N) is 1. The molecule has 1 saturated heterocycles. The SMILES string of the molecule is O=C(NCc1cccc(Oc2ccccc2)c1)c1ccc(S(=O)(=O)N2CCOCC2)cc1. The van der Waals surface area contributed by atoms with Crippen LogP contribution in [0.1, 0.15) is 15.9 Å². The van der Waals surface area contributed by atoms with Gasteiger partial charge in [-0.05, 0) is 54.1 Å². The van der Waals surface area contributed by atoms with Crippen LogP contribution in [-0.4, -0.2) is 44.9 Å². The van der Waals surface area contributed by atoms with Crippen LogP contribution in [0.4, 0.5) is 0 Å². The zero-order chi connectivity index (χ0) is 22.4. The molecule has 0 aliphatic carbocycles. The number of benzene rings is 3. The van der Waals surface area contributed by atoms with E-state index < -0.39 is 10.0 Å². The first-order chi connectivity index (χ1) is 15.5. The molecule has 7 nitrogen and oxygen atoms in total. The Bertz CT molecular complexity index is 1160. The molecule has 1 aliphatic heterocycles. The maximum atomic E-state index is 12.7. The van der Waals surface area contributed by atoms with Crippen molar-refractivity contribution in [3.63, 3.8) is 0 Å². The number of carbonyl (C=O) groups excluding carboxylic acids is 1. The van der Waals surface area contributed by atoms with Crippen LogP contribution >= 0.6 is 0 Å². The summed E-state index contributed by atoms with van der Waals surface area (Å²) in [6, 6.07) is 22.9. The molecule has 0 unspecified atom stereocenters. The van der Waals surface area contributed by atoms with Gasteiger partial charge in [0.15, 0.2) is 0 Å². The van der Waals surface area contributed by atoms with Crippen LogP contribution in [-0.2, 0) is 21.3 Å². The highest BCUT2D eigenvalue weighted by molar-refractivity contribution is 7.89. The van der Waals surface area contributed by atoms with E-state index in [-0.39, 0.29) is 10.8 Å². The van der Waals surface area contributed by atoms with Crippen molar-refractivity contribution in [2.75, 3.05) is 26.3 Å². The Balaban J connectivity index is 1.37. The molecule has 1 fully saturated rings. The minimum Gasteiger partial charge on any atom is -0.457 e. The molecule has 1 aliphatic rings. The molecule has 3 aromatic rings. The van der Waals surface area contributed by atoms with Crippen LogP contribution in [0.15, 0.2) is 83.8 Å². The lowest BCUT2D eigenvalue weighted by Gasteiger charge is -2.26. The highest BCUT2D eigenvalue weighted by Gasteiger charge is 2.26. The molecule has 1 amide bonds. The summed E-state index contributed by atoms with van der Waals surface area (Å²) < 4.78 is 37.8. The summed E-state index contributed by atoms with van der Waals surface area (Å²) in [6.45, 7) is 1.75. The van der Waals surface area contributed by atoms with Gasteiger partial charge in [-0.3, -0.25) is 4.79 Å². The van der Waals surface area contributed by atoms with Gasteiger partial charge in [0.05, 0.1) is 18.1 Å². The Morgan fingerprint density at radius 2 is 1.59 bits per heavy atom. The summed E-state index contributed by atoms with van der Waals surface area (Å²) in [7, 11) is -3.58. The van der Waals surface area contributed by atoms with Crippen molar-refractivity contribution in [3.05, 3.63) is 90.0 Å². The van der Waals surface area contributed by atoms with Gasteiger partial charge in [-0.2, -0.15) is 4.31 Å². The Kier molecular flexibility index (Phi) is 6.84. The van der Waals surface area contributed by atoms with Crippen molar-refractivity contribution in [1.29, 1.82) is 0 Å². The van der Waals surface area contributed by atoms with Gasteiger partial charge < -0.3 is 14.8 Å². The van der Waals surface area contributed by atoms with Gasteiger partial charge in [0.1, 0.15) is 11.5 Å². The molecule has 0 spiro atoms. The van der Waals surface area contributed by atoms with E-state index in [4.69, 9.17) is 9.47 Å². The van der Waals surface area contributed by atoms with Crippen molar-refractivity contribution in [2.45, 2.75) is 11.4 Å².